The molecular formula is C28H32FN5O4. The predicted molar refractivity (Wildman–Crippen MR) is 146 cm³/mol. The summed E-state index contributed by atoms with van der Waals surface area (Å²) in [5.41, 5.74) is 4.63. The molecule has 1 saturated heterocycles. The molecule has 1 aliphatic heterocycles. The van der Waals surface area contributed by atoms with Crippen LogP contribution in [0.5, 0.6) is 5.75 Å². The van der Waals surface area contributed by atoms with Crippen molar-refractivity contribution in [3.05, 3.63) is 64.2 Å². The summed E-state index contributed by atoms with van der Waals surface area (Å²) in [6.45, 7) is 6.54. The zero-order chi connectivity index (χ0) is 27.0. The van der Waals surface area contributed by atoms with Crippen LogP contribution in [0.25, 0.3) is 10.9 Å². The third-order valence-electron chi connectivity index (χ3n) is 7.24. The molecule has 1 atom stereocenters. The summed E-state index contributed by atoms with van der Waals surface area (Å²) in [5.74, 6) is -1.65. The van der Waals surface area contributed by atoms with Crippen LogP contribution in [0.1, 0.15) is 43.1 Å². The van der Waals surface area contributed by atoms with Gasteiger partial charge < -0.3 is 19.3 Å². The average molecular weight is 522 g/mol. The van der Waals surface area contributed by atoms with E-state index in [-0.39, 0.29) is 28.8 Å². The van der Waals surface area contributed by atoms with Gasteiger partial charge in [0.15, 0.2) is 11.6 Å². The largest absolute Gasteiger partial charge is 0.492 e. The maximum Gasteiger partial charge on any atom is 0.341 e. The minimum atomic E-state index is -1.32. The molecule has 3 aromatic rings. The fourth-order valence-electron chi connectivity index (χ4n) is 5.16. The number of rotatable bonds is 8. The molecule has 1 aliphatic carbocycles. The lowest BCUT2D eigenvalue weighted by molar-refractivity contribution is 0.0694. The number of carbonyl (C=O) groups is 1. The van der Waals surface area contributed by atoms with Gasteiger partial charge in [0.05, 0.1) is 23.7 Å². The molecule has 1 unspecified atom stereocenters. The molecule has 0 bridgehead atoms. The van der Waals surface area contributed by atoms with Gasteiger partial charge in [-0.15, -0.1) is 0 Å². The van der Waals surface area contributed by atoms with Crippen LogP contribution < -0.4 is 20.5 Å². The van der Waals surface area contributed by atoms with E-state index in [2.05, 4.69) is 22.4 Å². The number of hydrazone groups is 1. The van der Waals surface area contributed by atoms with Gasteiger partial charge in [-0.1, -0.05) is 18.2 Å². The molecule has 5 rings (SSSR count). The van der Waals surface area contributed by atoms with Crippen molar-refractivity contribution in [1.29, 1.82) is 0 Å². The van der Waals surface area contributed by atoms with Gasteiger partial charge in [0.2, 0.25) is 5.43 Å². The van der Waals surface area contributed by atoms with E-state index in [1.807, 2.05) is 42.2 Å². The number of carboxylic acid groups (broad SMARTS) is 1. The topological polar surface area (TPSA) is 99.4 Å². The minimum Gasteiger partial charge on any atom is -0.492 e. The van der Waals surface area contributed by atoms with Crippen LogP contribution >= 0.6 is 0 Å². The maximum absolute atomic E-state index is 15.7. The highest BCUT2D eigenvalue weighted by Gasteiger charge is 2.33. The SMILES string of the molecule is COc1c(N2CCN(C/C(C)=N\Nc3ccccc3)C(C)C2)c(F)cc2c(=O)c(C(=O)O)cn(C3CC3)c12. The molecule has 2 N–H and O–H groups in total. The molecule has 2 heterocycles. The van der Waals surface area contributed by atoms with E-state index < -0.39 is 17.2 Å². The highest BCUT2D eigenvalue weighted by atomic mass is 19.1. The number of carboxylic acids is 1. The highest BCUT2D eigenvalue weighted by Crippen LogP contribution is 2.44. The van der Waals surface area contributed by atoms with Gasteiger partial charge in [0, 0.05) is 50.2 Å². The number of fused-ring (bicyclic) bond motifs is 1. The van der Waals surface area contributed by atoms with E-state index in [4.69, 9.17) is 4.74 Å². The Labute approximate surface area is 220 Å². The Balaban J connectivity index is 1.42. The van der Waals surface area contributed by atoms with Crippen LogP contribution in [0, 0.1) is 5.82 Å². The summed E-state index contributed by atoms with van der Waals surface area (Å²) in [6, 6.07) is 11.1. The van der Waals surface area contributed by atoms with Crippen LogP contribution in [0.15, 0.2) is 52.5 Å². The molecular weight excluding hydrogens is 489 g/mol. The van der Waals surface area contributed by atoms with Gasteiger partial charge in [-0.3, -0.25) is 15.1 Å². The second kappa shape index (κ2) is 10.4. The minimum absolute atomic E-state index is 0.0272. The first-order valence-corrected chi connectivity index (χ1v) is 12.8. The van der Waals surface area contributed by atoms with E-state index in [1.54, 1.807) is 4.57 Å². The lowest BCUT2D eigenvalue weighted by Gasteiger charge is -2.41. The highest BCUT2D eigenvalue weighted by molar-refractivity contribution is 5.97. The van der Waals surface area contributed by atoms with Crippen molar-refractivity contribution in [2.45, 2.75) is 38.8 Å². The van der Waals surface area contributed by atoms with Crippen molar-refractivity contribution in [1.82, 2.24) is 9.47 Å². The molecule has 2 aromatic carbocycles. The van der Waals surface area contributed by atoms with Crippen molar-refractivity contribution >= 4 is 34.0 Å². The van der Waals surface area contributed by atoms with Gasteiger partial charge in [-0.05, 0) is 44.9 Å². The Hall–Kier alpha value is -3.92. The van der Waals surface area contributed by atoms with Gasteiger partial charge in [-0.2, -0.15) is 5.10 Å². The van der Waals surface area contributed by atoms with Crippen LogP contribution in [-0.2, 0) is 0 Å². The van der Waals surface area contributed by atoms with Gasteiger partial charge in [-0.25, -0.2) is 9.18 Å². The first-order valence-electron chi connectivity index (χ1n) is 12.8. The third-order valence-corrected chi connectivity index (χ3v) is 7.24. The van der Waals surface area contributed by atoms with Crippen LogP contribution in [0.4, 0.5) is 15.8 Å². The monoisotopic (exact) mass is 521 g/mol. The fraction of sp³-hybridized carbons (Fsp3) is 0.393. The van der Waals surface area contributed by atoms with Crippen molar-refractivity contribution in [2.75, 3.05) is 43.6 Å². The Morgan fingerprint density at radius 1 is 1.24 bits per heavy atom. The lowest BCUT2D eigenvalue weighted by Crippen LogP contribution is -2.53. The molecule has 9 nitrogen and oxygen atoms in total. The summed E-state index contributed by atoms with van der Waals surface area (Å²) in [6.07, 6.45) is 3.10. The number of halogens is 1. The number of aromatic carboxylic acids is 1. The number of hydrogen-bond acceptors (Lipinski definition) is 7. The number of benzene rings is 2. The average Bonchev–Trinajstić information content (AvgIpc) is 3.74. The number of nitrogens with one attached hydrogen (secondary N) is 1. The molecule has 0 amide bonds. The summed E-state index contributed by atoms with van der Waals surface area (Å²) < 4.78 is 23.2. The van der Waals surface area contributed by atoms with E-state index in [0.717, 1.165) is 24.2 Å². The van der Waals surface area contributed by atoms with E-state index in [1.165, 1.54) is 19.4 Å². The molecule has 2 fully saturated rings. The lowest BCUT2D eigenvalue weighted by atomic mass is 10.1. The number of pyridine rings is 1. The Morgan fingerprint density at radius 2 is 1.97 bits per heavy atom. The molecule has 1 aromatic heterocycles. The first-order chi connectivity index (χ1) is 18.3. The number of nitrogens with zero attached hydrogens (tertiary/aromatic N) is 4. The molecule has 2 aliphatic rings. The quantitative estimate of drug-likeness (QED) is 0.339. The van der Waals surface area contributed by atoms with Crippen LogP contribution in [0.3, 0.4) is 0 Å². The zero-order valence-corrected chi connectivity index (χ0v) is 21.8. The summed E-state index contributed by atoms with van der Waals surface area (Å²) in [7, 11) is 1.46. The number of para-hydroxylation sites is 1. The fourth-order valence-corrected chi connectivity index (χ4v) is 5.16. The summed E-state index contributed by atoms with van der Waals surface area (Å²) in [5, 5.41) is 14.1. The molecule has 0 radical (unpaired) electrons. The molecule has 10 heteroatoms. The number of anilines is 2. The molecule has 38 heavy (non-hydrogen) atoms. The van der Waals surface area contributed by atoms with Crippen LogP contribution in [-0.4, -0.2) is 65.6 Å². The smallest absolute Gasteiger partial charge is 0.341 e. The third kappa shape index (κ3) is 4.96. The second-order valence-electron chi connectivity index (χ2n) is 10.0. The van der Waals surface area contributed by atoms with Crippen molar-refractivity contribution in [3.63, 3.8) is 0 Å². The van der Waals surface area contributed by atoms with Gasteiger partial charge in [0.25, 0.3) is 0 Å². The molecule has 1 saturated carbocycles. The number of piperazine rings is 1. The summed E-state index contributed by atoms with van der Waals surface area (Å²) >= 11 is 0. The Morgan fingerprint density at radius 3 is 2.61 bits per heavy atom. The second-order valence-corrected chi connectivity index (χ2v) is 10.0. The Kier molecular flexibility index (Phi) is 7.07. The van der Waals surface area contributed by atoms with E-state index >= 15 is 4.39 Å². The molecule has 200 valence electrons. The Bertz CT molecular complexity index is 1450. The van der Waals surface area contributed by atoms with Crippen LogP contribution in [0.2, 0.25) is 0 Å². The van der Waals surface area contributed by atoms with E-state index in [9.17, 15) is 14.7 Å². The van der Waals surface area contributed by atoms with Crippen molar-refractivity contribution in [3.8, 4) is 5.75 Å². The van der Waals surface area contributed by atoms with E-state index in [0.29, 0.717) is 37.4 Å². The number of aromatic nitrogens is 1. The maximum atomic E-state index is 15.7. The standard InChI is InChI=1S/C28H32FN5O4/c1-17(30-31-19-7-5-4-6-8-19)14-32-11-12-33(15-18(32)2)25-23(29)13-21-24(27(25)38-3)34(20-9-10-20)16-22(26(21)35)28(36)37/h4-8,13,16,18,20,31H,9-12,14-15H2,1-3H3,(H,36,37)/b30-17-. The normalized spacial score (nSPS) is 18.6. The number of ether oxygens (including phenoxy) is 1. The number of methoxy groups -OCH3 is 1. The molecule has 0 spiro atoms. The zero-order valence-electron chi connectivity index (χ0n) is 21.8. The van der Waals surface area contributed by atoms with Crippen molar-refractivity contribution < 1.29 is 19.0 Å². The predicted octanol–water partition coefficient (Wildman–Crippen LogP) is 4.18. The summed E-state index contributed by atoms with van der Waals surface area (Å²) in [4.78, 5) is 28.9. The number of hydrogen-bond donors (Lipinski definition) is 2. The van der Waals surface area contributed by atoms with Crippen molar-refractivity contribution in [2.24, 2.45) is 5.10 Å². The first kappa shape index (κ1) is 25.7. The van der Waals surface area contributed by atoms with Gasteiger partial charge in [0.1, 0.15) is 11.3 Å². The van der Waals surface area contributed by atoms with Gasteiger partial charge >= 0.3 is 5.97 Å².